The van der Waals surface area contributed by atoms with E-state index in [0.29, 0.717) is 17.0 Å². The van der Waals surface area contributed by atoms with Crippen molar-refractivity contribution < 1.29 is 17.9 Å². The van der Waals surface area contributed by atoms with Gasteiger partial charge in [0.25, 0.3) is 0 Å². The minimum absolute atomic E-state index is 0.121. The van der Waals surface area contributed by atoms with Crippen LogP contribution < -0.4 is 10.1 Å². The molecule has 0 aromatic heterocycles. The van der Waals surface area contributed by atoms with Gasteiger partial charge in [-0.25, -0.2) is 8.42 Å². The van der Waals surface area contributed by atoms with Crippen LogP contribution in [0.4, 0.5) is 5.69 Å². The van der Waals surface area contributed by atoms with Crippen LogP contribution in [-0.4, -0.2) is 45.6 Å². The van der Waals surface area contributed by atoms with Crippen molar-refractivity contribution >= 4 is 33.4 Å². The highest BCUT2D eigenvalue weighted by Crippen LogP contribution is 2.23. The van der Waals surface area contributed by atoms with Gasteiger partial charge in [0.05, 0.1) is 18.6 Å². The van der Waals surface area contributed by atoms with E-state index in [4.69, 9.17) is 4.74 Å². The Bertz CT molecular complexity index is 898. The summed E-state index contributed by atoms with van der Waals surface area (Å²) in [5, 5.41) is 2.72. The number of aryl methyl sites for hydroxylation is 1. The number of hydrogen-bond donors (Lipinski definition) is 1. The highest BCUT2D eigenvalue weighted by molar-refractivity contribution is 7.98. The first-order chi connectivity index (χ1) is 12.3. The van der Waals surface area contributed by atoms with E-state index in [9.17, 15) is 13.2 Å². The van der Waals surface area contributed by atoms with Gasteiger partial charge in [-0.2, -0.15) is 4.31 Å². The number of thioether (sulfide) groups is 1. The van der Waals surface area contributed by atoms with E-state index in [2.05, 4.69) is 5.32 Å². The Morgan fingerprint density at radius 1 is 1.23 bits per heavy atom. The summed E-state index contributed by atoms with van der Waals surface area (Å²) in [6, 6.07) is 12.0. The smallest absolute Gasteiger partial charge is 0.243 e. The zero-order chi connectivity index (χ0) is 19.3. The molecule has 0 unspecified atom stereocenters. The summed E-state index contributed by atoms with van der Waals surface area (Å²) in [5.41, 5.74) is 1.34. The molecule has 0 fully saturated rings. The average molecular weight is 395 g/mol. The van der Waals surface area contributed by atoms with Crippen LogP contribution in [0, 0.1) is 6.92 Å². The van der Waals surface area contributed by atoms with Gasteiger partial charge in [-0.05, 0) is 55.1 Å². The molecule has 0 aliphatic carbocycles. The second-order valence-corrected chi connectivity index (χ2v) is 8.60. The number of likely N-dealkylation sites (N-methyl/N-ethyl adjacent to an activating group) is 1. The molecule has 0 aliphatic rings. The first-order valence-corrected chi connectivity index (χ1v) is 10.5. The highest BCUT2D eigenvalue weighted by Gasteiger charge is 2.23. The predicted octanol–water partition coefficient (Wildman–Crippen LogP) is 2.98. The number of hydrogen-bond acceptors (Lipinski definition) is 5. The Labute approximate surface area is 158 Å². The molecule has 2 rings (SSSR count). The Morgan fingerprint density at radius 3 is 2.58 bits per heavy atom. The van der Waals surface area contributed by atoms with Crippen molar-refractivity contribution in [3.8, 4) is 5.75 Å². The van der Waals surface area contributed by atoms with Gasteiger partial charge in [-0.15, -0.1) is 11.8 Å². The van der Waals surface area contributed by atoms with Crippen molar-refractivity contribution in [1.82, 2.24) is 4.31 Å². The lowest BCUT2D eigenvalue weighted by molar-refractivity contribution is -0.116. The lowest BCUT2D eigenvalue weighted by atomic mass is 10.2. The van der Waals surface area contributed by atoms with Crippen molar-refractivity contribution in [2.45, 2.75) is 16.7 Å². The number of ether oxygens (including phenoxy) is 1. The zero-order valence-electron chi connectivity index (χ0n) is 15.1. The number of benzene rings is 2. The molecule has 0 saturated heterocycles. The summed E-state index contributed by atoms with van der Waals surface area (Å²) < 4.78 is 31.5. The van der Waals surface area contributed by atoms with Gasteiger partial charge in [0.2, 0.25) is 15.9 Å². The second kappa shape index (κ2) is 8.57. The minimum Gasteiger partial charge on any atom is -0.496 e. The SMILES string of the molecule is COc1ccc(S(=O)(=O)N(C)CC(=O)Nc2cccc(SC)c2)cc1C. The molecule has 0 saturated carbocycles. The summed E-state index contributed by atoms with van der Waals surface area (Å²) in [4.78, 5) is 13.4. The Hall–Kier alpha value is -2.03. The number of anilines is 1. The first kappa shape index (κ1) is 20.3. The molecule has 6 nitrogen and oxygen atoms in total. The van der Waals surface area contributed by atoms with E-state index in [-0.39, 0.29) is 11.4 Å². The molecule has 0 heterocycles. The third-order valence-electron chi connectivity index (χ3n) is 3.79. The zero-order valence-corrected chi connectivity index (χ0v) is 16.8. The largest absolute Gasteiger partial charge is 0.496 e. The van der Waals surface area contributed by atoms with Gasteiger partial charge >= 0.3 is 0 Å². The number of nitrogens with one attached hydrogen (secondary N) is 1. The van der Waals surface area contributed by atoms with Crippen molar-refractivity contribution in [2.75, 3.05) is 32.3 Å². The molecular formula is C18H22N2O4S2. The maximum atomic E-state index is 12.7. The van der Waals surface area contributed by atoms with Gasteiger partial charge in [0.1, 0.15) is 5.75 Å². The topological polar surface area (TPSA) is 75.7 Å². The maximum absolute atomic E-state index is 12.7. The van der Waals surface area contributed by atoms with Gasteiger partial charge < -0.3 is 10.1 Å². The fourth-order valence-electron chi connectivity index (χ4n) is 2.38. The van der Waals surface area contributed by atoms with E-state index in [1.165, 1.54) is 26.3 Å². The third-order valence-corrected chi connectivity index (χ3v) is 6.32. The van der Waals surface area contributed by atoms with E-state index >= 15 is 0 Å². The molecule has 0 atom stereocenters. The monoisotopic (exact) mass is 394 g/mol. The van der Waals surface area contributed by atoms with E-state index in [1.807, 2.05) is 24.5 Å². The number of carbonyl (C=O) groups is 1. The van der Waals surface area contributed by atoms with E-state index in [0.717, 1.165) is 9.20 Å². The molecule has 140 valence electrons. The highest BCUT2D eigenvalue weighted by atomic mass is 32.2. The molecule has 0 aliphatic heterocycles. The summed E-state index contributed by atoms with van der Waals surface area (Å²) in [5.74, 6) is 0.206. The van der Waals surface area contributed by atoms with Crippen LogP contribution in [0.15, 0.2) is 52.3 Å². The Kier molecular flexibility index (Phi) is 6.69. The van der Waals surface area contributed by atoms with Crippen LogP contribution in [0.2, 0.25) is 0 Å². The van der Waals surface area contributed by atoms with Crippen molar-refractivity contribution in [3.05, 3.63) is 48.0 Å². The second-order valence-electron chi connectivity index (χ2n) is 5.67. The summed E-state index contributed by atoms with van der Waals surface area (Å²) in [6.45, 7) is 1.49. The number of sulfonamides is 1. The molecule has 1 amide bonds. The molecule has 0 bridgehead atoms. The molecule has 26 heavy (non-hydrogen) atoms. The van der Waals surface area contributed by atoms with Crippen molar-refractivity contribution in [3.63, 3.8) is 0 Å². The standard InChI is InChI=1S/C18H22N2O4S2/c1-13-10-16(8-9-17(13)24-3)26(22,23)20(2)12-18(21)19-14-6-5-7-15(11-14)25-4/h5-11H,12H2,1-4H3,(H,19,21). The molecule has 1 N–H and O–H groups in total. The first-order valence-electron chi connectivity index (χ1n) is 7.83. The average Bonchev–Trinajstić information content (AvgIpc) is 2.61. The summed E-state index contributed by atoms with van der Waals surface area (Å²) >= 11 is 1.56. The van der Waals surface area contributed by atoms with Crippen LogP contribution in [0.5, 0.6) is 5.75 Å². The quantitative estimate of drug-likeness (QED) is 0.731. The fourth-order valence-corrected chi connectivity index (χ4v) is 4.05. The van der Waals surface area contributed by atoms with Crippen LogP contribution in [0.1, 0.15) is 5.56 Å². The van der Waals surface area contributed by atoms with Gasteiger partial charge in [-0.3, -0.25) is 4.79 Å². The molecular weight excluding hydrogens is 372 g/mol. The summed E-state index contributed by atoms with van der Waals surface area (Å²) in [6.07, 6.45) is 1.94. The van der Waals surface area contributed by atoms with Crippen LogP contribution in [0.3, 0.4) is 0 Å². The predicted molar refractivity (Wildman–Crippen MR) is 104 cm³/mol. The lowest BCUT2D eigenvalue weighted by Crippen LogP contribution is -2.35. The summed E-state index contributed by atoms with van der Waals surface area (Å²) in [7, 11) is -0.865. The van der Waals surface area contributed by atoms with Crippen LogP contribution >= 0.6 is 11.8 Å². The number of carbonyl (C=O) groups excluding carboxylic acids is 1. The number of rotatable bonds is 7. The van der Waals surface area contributed by atoms with Gasteiger partial charge in [-0.1, -0.05) is 6.07 Å². The molecule has 8 heteroatoms. The van der Waals surface area contributed by atoms with E-state index < -0.39 is 15.9 Å². The Balaban J connectivity index is 2.10. The maximum Gasteiger partial charge on any atom is 0.243 e. The minimum atomic E-state index is -3.77. The molecule has 0 radical (unpaired) electrons. The van der Waals surface area contributed by atoms with Crippen molar-refractivity contribution in [1.29, 1.82) is 0 Å². The lowest BCUT2D eigenvalue weighted by Gasteiger charge is -2.18. The van der Waals surface area contributed by atoms with Crippen LogP contribution in [-0.2, 0) is 14.8 Å². The molecule has 2 aromatic rings. The fraction of sp³-hybridized carbons (Fsp3) is 0.278. The van der Waals surface area contributed by atoms with Crippen molar-refractivity contribution in [2.24, 2.45) is 0 Å². The van der Waals surface area contributed by atoms with Gasteiger partial charge in [0, 0.05) is 17.6 Å². The number of nitrogens with zero attached hydrogens (tertiary/aromatic N) is 1. The normalized spacial score (nSPS) is 11.4. The molecule has 2 aromatic carbocycles. The van der Waals surface area contributed by atoms with Crippen LogP contribution in [0.25, 0.3) is 0 Å². The number of amides is 1. The van der Waals surface area contributed by atoms with E-state index in [1.54, 1.807) is 30.8 Å². The Morgan fingerprint density at radius 2 is 1.96 bits per heavy atom. The molecule has 0 spiro atoms. The third kappa shape index (κ3) is 4.78. The number of methoxy groups -OCH3 is 1. The van der Waals surface area contributed by atoms with Gasteiger partial charge in [0.15, 0.2) is 0 Å².